The molecule has 3 aliphatic rings. The molecule has 178 valence electrons. The predicted molar refractivity (Wildman–Crippen MR) is 114 cm³/mol. The van der Waals surface area contributed by atoms with Crippen LogP contribution in [0.2, 0.25) is 0 Å². The summed E-state index contributed by atoms with van der Waals surface area (Å²) < 4.78 is 17.3. The van der Waals surface area contributed by atoms with Crippen LogP contribution in [0, 0.1) is 23.2 Å². The zero-order valence-corrected chi connectivity index (χ0v) is 19.6. The molecule has 1 aliphatic heterocycles. The average molecular weight is 451 g/mol. The van der Waals surface area contributed by atoms with Crippen molar-refractivity contribution in [2.24, 2.45) is 23.2 Å². The molecule has 2 aliphatic carbocycles. The van der Waals surface area contributed by atoms with Crippen molar-refractivity contribution >= 4 is 17.9 Å². The first-order valence-corrected chi connectivity index (χ1v) is 11.1. The van der Waals surface area contributed by atoms with Crippen molar-refractivity contribution in [3.05, 3.63) is 23.8 Å². The van der Waals surface area contributed by atoms with Crippen LogP contribution in [-0.2, 0) is 28.6 Å². The summed E-state index contributed by atoms with van der Waals surface area (Å²) in [6, 6.07) is 0. The molecule has 8 heteroatoms. The second kappa shape index (κ2) is 8.30. The van der Waals surface area contributed by atoms with E-state index in [0.29, 0.717) is 5.57 Å². The summed E-state index contributed by atoms with van der Waals surface area (Å²) >= 11 is 0. The lowest BCUT2D eigenvalue weighted by Crippen LogP contribution is -2.72. The van der Waals surface area contributed by atoms with Crippen molar-refractivity contribution in [3.8, 4) is 0 Å². The minimum Gasteiger partial charge on any atom is -0.461 e. The molecular formula is C24H34O8. The fourth-order valence-corrected chi connectivity index (χ4v) is 5.58. The molecule has 0 aromatic heterocycles. The molecule has 0 radical (unpaired) electrons. The highest BCUT2D eigenvalue weighted by atomic mass is 16.6. The largest absolute Gasteiger partial charge is 0.461 e. The molecule has 0 amide bonds. The second-order valence-electron chi connectivity index (χ2n) is 10.0. The first kappa shape index (κ1) is 24.5. The molecule has 0 aromatic rings. The summed E-state index contributed by atoms with van der Waals surface area (Å²) in [7, 11) is 0. The number of hydrogen-bond acceptors (Lipinski definition) is 8. The topological polar surface area (TPSA) is 119 Å². The molecule has 3 fully saturated rings. The molecule has 0 bridgehead atoms. The number of rotatable bonds is 4. The molecule has 32 heavy (non-hydrogen) atoms. The molecule has 1 heterocycles. The first-order valence-electron chi connectivity index (χ1n) is 11.1. The third kappa shape index (κ3) is 3.67. The maximum Gasteiger partial charge on any atom is 0.334 e. The van der Waals surface area contributed by atoms with Gasteiger partial charge in [-0.2, -0.15) is 0 Å². The number of ether oxygens (including phenoxy) is 3. The maximum absolute atomic E-state index is 12.7. The van der Waals surface area contributed by atoms with Crippen LogP contribution in [0.5, 0.6) is 0 Å². The van der Waals surface area contributed by atoms with Gasteiger partial charge < -0.3 is 24.4 Å². The van der Waals surface area contributed by atoms with Crippen LogP contribution >= 0.6 is 0 Å². The lowest BCUT2D eigenvalue weighted by atomic mass is 9.49. The van der Waals surface area contributed by atoms with Crippen molar-refractivity contribution in [2.45, 2.75) is 84.4 Å². The van der Waals surface area contributed by atoms with Crippen LogP contribution < -0.4 is 0 Å². The monoisotopic (exact) mass is 450 g/mol. The molecule has 2 N–H and O–H groups in total. The number of allylic oxidation sites excluding steroid dienone is 1. The number of carbonyl (C=O) groups excluding carboxylic acids is 3. The van der Waals surface area contributed by atoms with E-state index < -0.39 is 71.1 Å². The Morgan fingerprint density at radius 3 is 2.47 bits per heavy atom. The summed E-state index contributed by atoms with van der Waals surface area (Å²) in [6.07, 6.45) is -1.96. The van der Waals surface area contributed by atoms with Gasteiger partial charge in [-0.15, -0.1) is 0 Å². The molecule has 8 nitrogen and oxygen atoms in total. The summed E-state index contributed by atoms with van der Waals surface area (Å²) in [4.78, 5) is 37.9. The molecule has 1 saturated heterocycles. The van der Waals surface area contributed by atoms with Crippen molar-refractivity contribution < 1.29 is 38.8 Å². The fourth-order valence-electron chi connectivity index (χ4n) is 5.58. The Balaban J connectivity index is 2.19. The Morgan fingerprint density at radius 1 is 1.28 bits per heavy atom. The Kier molecular flexibility index (Phi) is 6.34. The number of fused-ring (bicyclic) bond motifs is 2. The average Bonchev–Trinajstić information content (AvgIpc) is 3.01. The SMILES string of the molecule is C=C1C(=O)OC2C1C(OC(=O)C(C)C)C1C(C)(O)CCC(O)C1(C)C2OC(=O)/C(C)=C\C. The fraction of sp³-hybridized carbons (Fsp3) is 0.708. The second-order valence-corrected chi connectivity index (χ2v) is 10.0. The van der Waals surface area contributed by atoms with E-state index >= 15 is 0 Å². The molecule has 8 unspecified atom stereocenters. The van der Waals surface area contributed by atoms with Gasteiger partial charge in [0.25, 0.3) is 0 Å². The Morgan fingerprint density at radius 2 is 1.91 bits per heavy atom. The number of hydrogen-bond donors (Lipinski definition) is 2. The number of aliphatic hydroxyl groups excluding tert-OH is 1. The smallest absolute Gasteiger partial charge is 0.334 e. The van der Waals surface area contributed by atoms with Crippen molar-refractivity contribution in [2.75, 3.05) is 0 Å². The van der Waals surface area contributed by atoms with Gasteiger partial charge in [0.1, 0.15) is 12.2 Å². The van der Waals surface area contributed by atoms with Gasteiger partial charge in [-0.05, 0) is 33.6 Å². The number of esters is 3. The Bertz CT molecular complexity index is 856. The predicted octanol–water partition coefficient (Wildman–Crippen LogP) is 2.07. The molecular weight excluding hydrogens is 416 g/mol. The normalized spacial score (nSPS) is 41.6. The lowest BCUT2D eigenvalue weighted by molar-refractivity contribution is -0.277. The van der Waals surface area contributed by atoms with E-state index in [0.717, 1.165) is 0 Å². The van der Waals surface area contributed by atoms with Gasteiger partial charge in [-0.3, -0.25) is 4.79 Å². The van der Waals surface area contributed by atoms with Crippen LogP contribution in [0.1, 0.15) is 54.4 Å². The van der Waals surface area contributed by atoms with Crippen molar-refractivity contribution in [1.29, 1.82) is 0 Å². The standard InChI is InChI=1S/C24H34O8/c1-8-12(4)21(27)32-19-17-15(13(5)22(28)31-17)16(30-20(26)11(2)3)18-23(6,29)10-9-14(25)24(18,19)7/h8,11,14-19,25,29H,5,9-10H2,1-4,6-7H3/b12-8-. The Hall–Kier alpha value is -2.19. The van der Waals surface area contributed by atoms with Crippen LogP contribution in [0.25, 0.3) is 0 Å². The lowest BCUT2D eigenvalue weighted by Gasteiger charge is -2.61. The van der Waals surface area contributed by atoms with Gasteiger partial charge in [-0.1, -0.05) is 33.4 Å². The number of aliphatic hydroxyl groups is 2. The highest BCUT2D eigenvalue weighted by Gasteiger charge is 2.71. The maximum atomic E-state index is 12.7. The van der Waals surface area contributed by atoms with Gasteiger partial charge in [-0.25, -0.2) is 9.59 Å². The zero-order chi connectivity index (χ0) is 24.2. The third-order valence-electron chi connectivity index (χ3n) is 7.55. The van der Waals surface area contributed by atoms with Gasteiger partial charge in [0.05, 0.1) is 23.5 Å². The Labute approximate surface area is 188 Å². The van der Waals surface area contributed by atoms with Crippen LogP contribution in [0.3, 0.4) is 0 Å². The van der Waals surface area contributed by atoms with E-state index in [-0.39, 0.29) is 18.4 Å². The highest BCUT2D eigenvalue weighted by Crippen LogP contribution is 2.60. The van der Waals surface area contributed by atoms with Gasteiger partial charge in [0.2, 0.25) is 0 Å². The molecule has 2 saturated carbocycles. The van der Waals surface area contributed by atoms with E-state index in [1.165, 1.54) is 0 Å². The van der Waals surface area contributed by atoms with E-state index in [2.05, 4.69) is 6.58 Å². The summed E-state index contributed by atoms with van der Waals surface area (Å²) in [5.74, 6) is -3.89. The molecule has 0 spiro atoms. The van der Waals surface area contributed by atoms with Crippen molar-refractivity contribution in [1.82, 2.24) is 0 Å². The summed E-state index contributed by atoms with van der Waals surface area (Å²) in [6.45, 7) is 13.8. The molecule has 3 rings (SSSR count). The van der Waals surface area contributed by atoms with Crippen LogP contribution in [0.15, 0.2) is 23.8 Å². The van der Waals surface area contributed by atoms with Gasteiger partial charge in [0.15, 0.2) is 6.10 Å². The van der Waals surface area contributed by atoms with Gasteiger partial charge in [0, 0.05) is 22.5 Å². The van der Waals surface area contributed by atoms with Crippen LogP contribution in [0.4, 0.5) is 0 Å². The highest BCUT2D eigenvalue weighted by molar-refractivity contribution is 5.92. The molecule has 0 aromatic carbocycles. The number of carbonyl (C=O) groups is 3. The molecule has 8 atom stereocenters. The summed E-state index contributed by atoms with van der Waals surface area (Å²) in [5, 5.41) is 22.6. The zero-order valence-electron chi connectivity index (χ0n) is 19.6. The van der Waals surface area contributed by atoms with E-state index in [1.54, 1.807) is 47.6 Å². The van der Waals surface area contributed by atoms with E-state index in [4.69, 9.17) is 14.2 Å². The van der Waals surface area contributed by atoms with Crippen molar-refractivity contribution in [3.63, 3.8) is 0 Å². The van der Waals surface area contributed by atoms with Gasteiger partial charge >= 0.3 is 17.9 Å². The minimum atomic E-state index is -1.37. The van der Waals surface area contributed by atoms with E-state index in [9.17, 15) is 24.6 Å². The quantitative estimate of drug-likeness (QED) is 0.380. The minimum absolute atomic E-state index is 0.0956. The van der Waals surface area contributed by atoms with Crippen LogP contribution in [-0.4, -0.2) is 58.1 Å². The van der Waals surface area contributed by atoms with E-state index in [1.807, 2.05) is 0 Å². The first-order chi connectivity index (χ1) is 14.8. The summed E-state index contributed by atoms with van der Waals surface area (Å²) in [5.41, 5.74) is -2.17. The third-order valence-corrected chi connectivity index (χ3v) is 7.55.